The van der Waals surface area contributed by atoms with Gasteiger partial charge in [0.1, 0.15) is 12.2 Å². The van der Waals surface area contributed by atoms with Crippen LogP contribution in [0.25, 0.3) is 0 Å². The third kappa shape index (κ3) is 2.23. The summed E-state index contributed by atoms with van der Waals surface area (Å²) < 4.78 is 2.25. The maximum Gasteiger partial charge on any atom is 0.137 e. The van der Waals surface area contributed by atoms with Crippen molar-refractivity contribution in [3.63, 3.8) is 0 Å². The normalized spacial score (nSPS) is 16.2. The fourth-order valence-electron chi connectivity index (χ4n) is 2.70. The second-order valence-corrected chi connectivity index (χ2v) is 5.01. The molecule has 1 fully saturated rings. The smallest absolute Gasteiger partial charge is 0.137 e. The Labute approximate surface area is 107 Å². The highest BCUT2D eigenvalue weighted by molar-refractivity contribution is 5.39. The fourth-order valence-corrected chi connectivity index (χ4v) is 2.70. The van der Waals surface area contributed by atoms with E-state index in [1.807, 2.05) is 18.5 Å². The summed E-state index contributed by atoms with van der Waals surface area (Å²) in [6.45, 7) is 0. The number of benzene rings is 1. The molecule has 1 aliphatic carbocycles. The van der Waals surface area contributed by atoms with E-state index in [1.165, 1.54) is 31.2 Å². The van der Waals surface area contributed by atoms with Crippen LogP contribution in [0.1, 0.15) is 43.1 Å². The van der Waals surface area contributed by atoms with E-state index in [0.717, 1.165) is 17.9 Å². The van der Waals surface area contributed by atoms with Crippen molar-refractivity contribution in [2.45, 2.75) is 38.1 Å². The van der Waals surface area contributed by atoms with Crippen molar-refractivity contribution in [2.75, 3.05) is 5.73 Å². The van der Waals surface area contributed by atoms with Crippen LogP contribution in [0.5, 0.6) is 0 Å². The lowest BCUT2D eigenvalue weighted by molar-refractivity contribution is 0.500. The van der Waals surface area contributed by atoms with Gasteiger partial charge in [0.05, 0.1) is 0 Å². The molecule has 0 aliphatic heterocycles. The number of rotatable bonds is 3. The lowest BCUT2D eigenvalue weighted by Gasteiger charge is -2.13. The summed E-state index contributed by atoms with van der Waals surface area (Å²) in [7, 11) is 0. The Morgan fingerprint density at radius 3 is 2.61 bits per heavy atom. The molecule has 94 valence electrons. The van der Waals surface area contributed by atoms with E-state index in [1.54, 1.807) is 0 Å². The molecule has 4 heteroatoms. The maximum atomic E-state index is 5.70. The van der Waals surface area contributed by atoms with Crippen LogP contribution in [0.4, 0.5) is 5.69 Å². The van der Waals surface area contributed by atoms with Gasteiger partial charge in [0.25, 0.3) is 0 Å². The molecule has 4 nitrogen and oxygen atoms in total. The van der Waals surface area contributed by atoms with Crippen LogP contribution >= 0.6 is 0 Å². The Bertz CT molecular complexity index is 509. The van der Waals surface area contributed by atoms with E-state index in [2.05, 4.69) is 26.9 Å². The molecule has 1 aromatic carbocycles. The quantitative estimate of drug-likeness (QED) is 0.841. The van der Waals surface area contributed by atoms with Gasteiger partial charge in [0, 0.05) is 18.2 Å². The number of nitrogen functional groups attached to an aromatic ring is 1. The SMILES string of the molecule is Nc1ccc(Cc2nncn2C2CCCC2)cc1. The predicted molar refractivity (Wildman–Crippen MR) is 71.2 cm³/mol. The molecule has 0 bridgehead atoms. The summed E-state index contributed by atoms with van der Waals surface area (Å²) in [6.07, 6.45) is 7.87. The predicted octanol–water partition coefficient (Wildman–Crippen LogP) is 2.57. The first-order chi connectivity index (χ1) is 8.83. The largest absolute Gasteiger partial charge is 0.399 e. The topological polar surface area (TPSA) is 56.7 Å². The number of nitrogens with two attached hydrogens (primary N) is 1. The van der Waals surface area contributed by atoms with Gasteiger partial charge >= 0.3 is 0 Å². The Balaban J connectivity index is 1.80. The zero-order chi connectivity index (χ0) is 12.4. The van der Waals surface area contributed by atoms with Crippen molar-refractivity contribution in [1.29, 1.82) is 0 Å². The van der Waals surface area contributed by atoms with Crippen molar-refractivity contribution in [1.82, 2.24) is 14.8 Å². The average molecular weight is 242 g/mol. The van der Waals surface area contributed by atoms with Crippen LogP contribution in [0.2, 0.25) is 0 Å². The lowest BCUT2D eigenvalue weighted by Crippen LogP contribution is -2.08. The third-order valence-electron chi connectivity index (χ3n) is 3.71. The van der Waals surface area contributed by atoms with Crippen molar-refractivity contribution < 1.29 is 0 Å². The Kier molecular flexibility index (Phi) is 3.00. The Morgan fingerprint density at radius 1 is 1.17 bits per heavy atom. The standard InChI is InChI=1S/C14H18N4/c15-12-7-5-11(6-8-12)9-14-17-16-10-18(14)13-3-1-2-4-13/h5-8,10,13H,1-4,9,15H2. The zero-order valence-corrected chi connectivity index (χ0v) is 10.4. The summed E-state index contributed by atoms with van der Waals surface area (Å²) in [4.78, 5) is 0. The van der Waals surface area contributed by atoms with E-state index >= 15 is 0 Å². The van der Waals surface area contributed by atoms with Gasteiger partial charge in [0.2, 0.25) is 0 Å². The minimum Gasteiger partial charge on any atom is -0.399 e. The lowest BCUT2D eigenvalue weighted by atomic mass is 10.1. The van der Waals surface area contributed by atoms with Crippen LogP contribution < -0.4 is 5.73 Å². The summed E-state index contributed by atoms with van der Waals surface area (Å²) >= 11 is 0. The number of hydrogen-bond acceptors (Lipinski definition) is 3. The van der Waals surface area contributed by atoms with Crippen LogP contribution in [0.15, 0.2) is 30.6 Å². The molecule has 0 radical (unpaired) electrons. The molecule has 2 N–H and O–H groups in total. The number of nitrogens with zero attached hydrogens (tertiary/aromatic N) is 3. The summed E-state index contributed by atoms with van der Waals surface area (Å²) in [5.41, 5.74) is 7.73. The minimum atomic E-state index is 0.601. The molecule has 1 aliphatic rings. The minimum absolute atomic E-state index is 0.601. The first kappa shape index (κ1) is 11.3. The first-order valence-corrected chi connectivity index (χ1v) is 6.56. The van der Waals surface area contributed by atoms with E-state index in [0.29, 0.717) is 6.04 Å². The average Bonchev–Trinajstić information content (AvgIpc) is 3.02. The molecule has 0 amide bonds. The monoisotopic (exact) mass is 242 g/mol. The van der Waals surface area contributed by atoms with Gasteiger partial charge in [-0.3, -0.25) is 0 Å². The molecular formula is C14H18N4. The van der Waals surface area contributed by atoms with Crippen LogP contribution in [-0.4, -0.2) is 14.8 Å². The highest BCUT2D eigenvalue weighted by atomic mass is 15.3. The molecule has 1 saturated carbocycles. The maximum absolute atomic E-state index is 5.70. The second-order valence-electron chi connectivity index (χ2n) is 5.01. The molecule has 1 heterocycles. The van der Waals surface area contributed by atoms with Crippen molar-refractivity contribution in [2.24, 2.45) is 0 Å². The van der Waals surface area contributed by atoms with E-state index < -0.39 is 0 Å². The molecule has 1 aromatic heterocycles. The molecule has 0 spiro atoms. The zero-order valence-electron chi connectivity index (χ0n) is 10.4. The van der Waals surface area contributed by atoms with E-state index in [-0.39, 0.29) is 0 Å². The molecule has 0 atom stereocenters. The van der Waals surface area contributed by atoms with Gasteiger partial charge in [-0.2, -0.15) is 0 Å². The first-order valence-electron chi connectivity index (χ1n) is 6.56. The highest BCUT2D eigenvalue weighted by Crippen LogP contribution is 2.30. The van der Waals surface area contributed by atoms with Gasteiger partial charge < -0.3 is 10.3 Å². The molecule has 0 unspecified atom stereocenters. The molecule has 18 heavy (non-hydrogen) atoms. The van der Waals surface area contributed by atoms with Gasteiger partial charge in [-0.15, -0.1) is 10.2 Å². The van der Waals surface area contributed by atoms with Crippen LogP contribution in [0.3, 0.4) is 0 Å². The van der Waals surface area contributed by atoms with Gasteiger partial charge in [0.15, 0.2) is 0 Å². The number of aromatic nitrogens is 3. The van der Waals surface area contributed by atoms with Crippen LogP contribution in [0, 0.1) is 0 Å². The Morgan fingerprint density at radius 2 is 1.89 bits per heavy atom. The second kappa shape index (κ2) is 4.80. The Hall–Kier alpha value is -1.84. The number of hydrogen-bond donors (Lipinski definition) is 1. The fraction of sp³-hybridized carbons (Fsp3) is 0.429. The van der Waals surface area contributed by atoms with Gasteiger partial charge in [-0.1, -0.05) is 25.0 Å². The van der Waals surface area contributed by atoms with E-state index in [9.17, 15) is 0 Å². The van der Waals surface area contributed by atoms with Crippen molar-refractivity contribution in [3.05, 3.63) is 42.0 Å². The summed E-state index contributed by atoms with van der Waals surface area (Å²) in [6, 6.07) is 8.59. The van der Waals surface area contributed by atoms with Crippen molar-refractivity contribution in [3.8, 4) is 0 Å². The number of anilines is 1. The molecule has 3 rings (SSSR count). The van der Waals surface area contributed by atoms with Crippen molar-refractivity contribution >= 4 is 5.69 Å². The summed E-state index contributed by atoms with van der Waals surface area (Å²) in [5, 5.41) is 8.33. The molecule has 0 saturated heterocycles. The van der Waals surface area contributed by atoms with Gasteiger partial charge in [-0.05, 0) is 30.5 Å². The van der Waals surface area contributed by atoms with Gasteiger partial charge in [-0.25, -0.2) is 0 Å². The summed E-state index contributed by atoms with van der Waals surface area (Å²) in [5.74, 6) is 1.06. The molecule has 2 aromatic rings. The third-order valence-corrected chi connectivity index (χ3v) is 3.71. The molecular weight excluding hydrogens is 224 g/mol. The van der Waals surface area contributed by atoms with Crippen LogP contribution in [-0.2, 0) is 6.42 Å². The van der Waals surface area contributed by atoms with E-state index in [4.69, 9.17) is 5.73 Å². The highest BCUT2D eigenvalue weighted by Gasteiger charge is 2.19.